The van der Waals surface area contributed by atoms with Gasteiger partial charge < -0.3 is 5.32 Å². The lowest BCUT2D eigenvalue weighted by Gasteiger charge is -2.35. The number of benzene rings is 2. The number of carbonyl (C=O) groups is 1. The quantitative estimate of drug-likeness (QED) is 0.527. The zero-order chi connectivity index (χ0) is 20.4. The molecule has 4 nitrogen and oxygen atoms in total. The summed E-state index contributed by atoms with van der Waals surface area (Å²) in [4.78, 5) is 13.3. The van der Waals surface area contributed by atoms with E-state index in [4.69, 9.17) is 5.10 Å². The topological polar surface area (TPSA) is 46.9 Å². The SMILES string of the molecule is CC1(C)[C@@H]2CC[C@]1(C)c1c2c(C(=O)Nc2ccc(Br)cc2)nn1-c1ccccc1. The summed E-state index contributed by atoms with van der Waals surface area (Å²) in [5.41, 5.74) is 4.81. The molecule has 2 aliphatic rings. The number of hydrogen-bond donors (Lipinski definition) is 1. The molecule has 0 saturated heterocycles. The van der Waals surface area contributed by atoms with Crippen molar-refractivity contribution in [3.8, 4) is 5.69 Å². The van der Waals surface area contributed by atoms with E-state index in [1.807, 2.05) is 47.1 Å². The third kappa shape index (κ3) is 2.56. The van der Waals surface area contributed by atoms with Crippen LogP contribution < -0.4 is 5.32 Å². The summed E-state index contributed by atoms with van der Waals surface area (Å²) in [6.45, 7) is 7.03. The van der Waals surface area contributed by atoms with Gasteiger partial charge in [-0.05, 0) is 60.6 Å². The smallest absolute Gasteiger partial charge is 0.276 e. The Hall–Kier alpha value is -2.40. The van der Waals surface area contributed by atoms with Crippen molar-refractivity contribution in [2.45, 2.75) is 44.9 Å². The summed E-state index contributed by atoms with van der Waals surface area (Å²) >= 11 is 3.44. The number of para-hydroxylation sites is 1. The average Bonchev–Trinajstić information content (AvgIpc) is 3.27. The Kier molecular flexibility index (Phi) is 4.04. The molecule has 1 amide bonds. The first-order chi connectivity index (χ1) is 13.8. The lowest BCUT2D eigenvalue weighted by atomic mass is 9.70. The maximum atomic E-state index is 13.3. The van der Waals surface area contributed by atoms with Crippen molar-refractivity contribution < 1.29 is 4.79 Å². The van der Waals surface area contributed by atoms with Crippen molar-refractivity contribution >= 4 is 27.5 Å². The molecule has 148 valence electrons. The molecule has 0 aliphatic heterocycles. The van der Waals surface area contributed by atoms with Gasteiger partial charge in [0, 0.05) is 21.1 Å². The van der Waals surface area contributed by atoms with Gasteiger partial charge in [0.1, 0.15) is 0 Å². The summed E-state index contributed by atoms with van der Waals surface area (Å²) in [7, 11) is 0. The van der Waals surface area contributed by atoms with Crippen molar-refractivity contribution in [1.29, 1.82) is 0 Å². The van der Waals surface area contributed by atoms with E-state index in [2.05, 4.69) is 54.2 Å². The van der Waals surface area contributed by atoms with Crippen molar-refractivity contribution in [2.24, 2.45) is 5.41 Å². The molecule has 1 fully saturated rings. The van der Waals surface area contributed by atoms with Crippen LogP contribution in [-0.4, -0.2) is 15.7 Å². The number of aromatic nitrogens is 2. The second-order valence-corrected chi connectivity index (χ2v) is 9.88. The minimum absolute atomic E-state index is 0.00593. The van der Waals surface area contributed by atoms with Gasteiger partial charge in [0.15, 0.2) is 5.69 Å². The number of anilines is 1. The zero-order valence-electron chi connectivity index (χ0n) is 16.9. The molecular formula is C24H24BrN3O. The van der Waals surface area contributed by atoms with Crippen LogP contribution >= 0.6 is 15.9 Å². The maximum absolute atomic E-state index is 13.3. The number of rotatable bonds is 3. The Balaban J connectivity index is 1.65. The number of amides is 1. The fourth-order valence-corrected chi connectivity index (χ4v) is 5.63. The van der Waals surface area contributed by atoms with Crippen LogP contribution in [0.3, 0.4) is 0 Å². The molecule has 2 aromatic carbocycles. The standard InChI is InChI=1S/C24H24BrN3O/c1-23(2)18-13-14-24(23,3)21-19(18)20(27-28(21)17-7-5-4-6-8-17)22(29)26-16-11-9-15(25)10-12-16/h4-12,18H,13-14H2,1-3H3,(H,26,29)/t18-,24-/m1/s1. The molecule has 2 aliphatic carbocycles. The number of nitrogens with zero attached hydrogens (tertiary/aromatic N) is 2. The van der Waals surface area contributed by atoms with E-state index in [1.165, 1.54) is 5.69 Å². The van der Waals surface area contributed by atoms with Crippen LogP contribution in [-0.2, 0) is 5.41 Å². The molecule has 5 rings (SSSR count). The highest BCUT2D eigenvalue weighted by Crippen LogP contribution is 2.68. The van der Waals surface area contributed by atoms with E-state index in [0.717, 1.165) is 34.3 Å². The maximum Gasteiger partial charge on any atom is 0.276 e. The normalized spacial score (nSPS) is 23.8. The van der Waals surface area contributed by atoms with Gasteiger partial charge in [-0.15, -0.1) is 0 Å². The summed E-state index contributed by atoms with van der Waals surface area (Å²) < 4.78 is 3.00. The second-order valence-electron chi connectivity index (χ2n) is 8.96. The molecule has 2 bridgehead atoms. The lowest BCUT2D eigenvalue weighted by molar-refractivity contribution is 0.101. The Morgan fingerprint density at radius 3 is 2.48 bits per heavy atom. The predicted octanol–water partition coefficient (Wildman–Crippen LogP) is 6.06. The monoisotopic (exact) mass is 449 g/mol. The van der Waals surface area contributed by atoms with Crippen molar-refractivity contribution in [2.75, 3.05) is 5.32 Å². The van der Waals surface area contributed by atoms with Gasteiger partial charge in [-0.3, -0.25) is 4.79 Å². The molecule has 29 heavy (non-hydrogen) atoms. The molecule has 0 unspecified atom stereocenters. The minimum Gasteiger partial charge on any atom is -0.321 e. The van der Waals surface area contributed by atoms with Crippen LogP contribution in [0.15, 0.2) is 59.1 Å². The number of carbonyl (C=O) groups excluding carboxylic acids is 1. The molecule has 2 atom stereocenters. The lowest BCUT2D eigenvalue weighted by Crippen LogP contribution is -2.33. The number of fused-ring (bicyclic) bond motifs is 5. The Labute approximate surface area is 179 Å². The summed E-state index contributed by atoms with van der Waals surface area (Å²) in [6, 6.07) is 17.8. The van der Waals surface area contributed by atoms with E-state index >= 15 is 0 Å². The first-order valence-corrected chi connectivity index (χ1v) is 10.9. The van der Waals surface area contributed by atoms with Crippen molar-refractivity contribution in [3.05, 3.63) is 76.0 Å². The van der Waals surface area contributed by atoms with E-state index < -0.39 is 0 Å². The van der Waals surface area contributed by atoms with Crippen LogP contribution in [0.25, 0.3) is 5.69 Å². The third-order valence-corrected chi connectivity index (χ3v) is 7.87. The van der Waals surface area contributed by atoms with E-state index in [1.54, 1.807) is 0 Å². The van der Waals surface area contributed by atoms with Crippen LogP contribution in [0.1, 0.15) is 61.3 Å². The van der Waals surface area contributed by atoms with Gasteiger partial charge in [0.25, 0.3) is 5.91 Å². The summed E-state index contributed by atoms with van der Waals surface area (Å²) in [6.07, 6.45) is 2.24. The van der Waals surface area contributed by atoms with Crippen molar-refractivity contribution in [3.63, 3.8) is 0 Å². The number of halogens is 1. The largest absolute Gasteiger partial charge is 0.321 e. The van der Waals surface area contributed by atoms with Crippen LogP contribution in [0.5, 0.6) is 0 Å². The van der Waals surface area contributed by atoms with Crippen LogP contribution in [0.2, 0.25) is 0 Å². The average molecular weight is 450 g/mol. The Morgan fingerprint density at radius 1 is 1.10 bits per heavy atom. The predicted molar refractivity (Wildman–Crippen MR) is 119 cm³/mol. The fourth-order valence-electron chi connectivity index (χ4n) is 5.37. The van der Waals surface area contributed by atoms with Crippen LogP contribution in [0.4, 0.5) is 5.69 Å². The molecular weight excluding hydrogens is 426 g/mol. The summed E-state index contributed by atoms with van der Waals surface area (Å²) in [5.74, 6) is 0.218. The first-order valence-electron chi connectivity index (χ1n) is 10.1. The highest BCUT2D eigenvalue weighted by atomic mass is 79.9. The molecule has 1 N–H and O–H groups in total. The summed E-state index contributed by atoms with van der Waals surface area (Å²) in [5, 5.41) is 7.91. The van der Waals surface area contributed by atoms with Gasteiger partial charge >= 0.3 is 0 Å². The van der Waals surface area contributed by atoms with Crippen molar-refractivity contribution in [1.82, 2.24) is 9.78 Å². The highest BCUT2D eigenvalue weighted by Gasteiger charge is 2.63. The molecule has 3 aromatic rings. The van der Waals surface area contributed by atoms with Gasteiger partial charge in [0.05, 0.1) is 11.4 Å². The second kappa shape index (κ2) is 6.30. The van der Waals surface area contributed by atoms with Gasteiger partial charge in [-0.25, -0.2) is 4.68 Å². The van der Waals surface area contributed by atoms with Gasteiger partial charge in [0.2, 0.25) is 0 Å². The molecule has 1 heterocycles. The molecule has 0 radical (unpaired) electrons. The Morgan fingerprint density at radius 2 is 1.79 bits per heavy atom. The minimum atomic E-state index is -0.134. The Bertz CT molecular complexity index is 1100. The molecule has 0 spiro atoms. The van der Waals surface area contributed by atoms with E-state index in [9.17, 15) is 4.79 Å². The van der Waals surface area contributed by atoms with Crippen LogP contribution in [0, 0.1) is 5.41 Å². The molecule has 5 heteroatoms. The van der Waals surface area contributed by atoms with E-state index in [0.29, 0.717) is 11.6 Å². The van der Waals surface area contributed by atoms with E-state index in [-0.39, 0.29) is 16.7 Å². The highest BCUT2D eigenvalue weighted by molar-refractivity contribution is 9.10. The third-order valence-electron chi connectivity index (χ3n) is 7.34. The fraction of sp³-hybridized carbons (Fsp3) is 0.333. The zero-order valence-corrected chi connectivity index (χ0v) is 18.5. The number of nitrogens with one attached hydrogen (secondary N) is 1. The first kappa shape index (κ1) is 18.6. The molecule has 1 saturated carbocycles. The van der Waals surface area contributed by atoms with Gasteiger partial charge in [-0.1, -0.05) is 54.9 Å². The number of hydrogen-bond acceptors (Lipinski definition) is 2. The molecule has 1 aromatic heterocycles. The van der Waals surface area contributed by atoms with Gasteiger partial charge in [-0.2, -0.15) is 5.10 Å².